The summed E-state index contributed by atoms with van der Waals surface area (Å²) in [4.78, 5) is 9.59. The Balaban J connectivity index is 3.19. The van der Waals surface area contributed by atoms with Crippen molar-refractivity contribution in [1.82, 2.24) is 0 Å². The zero-order chi connectivity index (χ0) is 28.2. The summed E-state index contributed by atoms with van der Waals surface area (Å²) in [7, 11) is 1.89. The van der Waals surface area contributed by atoms with Gasteiger partial charge in [-0.1, -0.05) is 64.7 Å². The largest absolute Gasteiger partial charge is 0.472 e. The second-order valence-electron chi connectivity index (χ2n) is 10.4. The van der Waals surface area contributed by atoms with Gasteiger partial charge in [-0.05, 0) is 6.42 Å². The van der Waals surface area contributed by atoms with Crippen molar-refractivity contribution in [3.8, 4) is 0 Å². The van der Waals surface area contributed by atoms with Crippen LogP contribution in [0.1, 0.15) is 71.1 Å². The first-order valence-electron chi connectivity index (χ1n) is 14.6. The molecule has 0 fully saturated rings. The number of hydrogen-bond donors (Lipinski definition) is 1. The van der Waals surface area contributed by atoms with Crippen LogP contribution in [0.3, 0.4) is 0 Å². The van der Waals surface area contributed by atoms with Crippen molar-refractivity contribution >= 4 is 7.82 Å². The molecule has 0 rings (SSSR count). The van der Waals surface area contributed by atoms with E-state index in [9.17, 15) is 9.46 Å². The van der Waals surface area contributed by atoms with Crippen molar-refractivity contribution in [2.45, 2.75) is 71.1 Å². The Kier molecular flexibility index (Phi) is 27.0. The van der Waals surface area contributed by atoms with Crippen molar-refractivity contribution in [1.29, 1.82) is 0 Å². The SMILES string of the molecule is CCCCCCCCCCCCOCCOCCOCCOCCOCCOP(=O)(O)OCC[N+](C)(C)C. The highest BCUT2D eigenvalue weighted by Gasteiger charge is 2.22. The van der Waals surface area contributed by atoms with E-state index in [2.05, 4.69) is 6.92 Å². The molecule has 1 unspecified atom stereocenters. The summed E-state index contributed by atoms with van der Waals surface area (Å²) in [5.41, 5.74) is 0. The molecule has 0 saturated carbocycles. The molecule has 1 atom stereocenters. The summed E-state index contributed by atoms with van der Waals surface area (Å²) in [6, 6.07) is 0. The minimum atomic E-state index is -4.03. The molecule has 0 aromatic heterocycles. The average molecular weight is 573 g/mol. The van der Waals surface area contributed by atoms with Gasteiger partial charge in [-0.3, -0.25) is 9.05 Å². The molecule has 0 amide bonds. The van der Waals surface area contributed by atoms with Gasteiger partial charge in [-0.25, -0.2) is 4.57 Å². The maximum atomic E-state index is 11.7. The smallest absolute Gasteiger partial charge is 0.379 e. The summed E-state index contributed by atoms with van der Waals surface area (Å²) in [5, 5.41) is 0. The first-order valence-corrected chi connectivity index (χ1v) is 16.1. The van der Waals surface area contributed by atoms with Gasteiger partial charge >= 0.3 is 7.82 Å². The predicted octanol–water partition coefficient (Wildman–Crippen LogP) is 4.83. The molecule has 0 bridgehead atoms. The molecule has 1 N–H and O–H groups in total. The van der Waals surface area contributed by atoms with Crippen LogP contribution >= 0.6 is 7.82 Å². The van der Waals surface area contributed by atoms with Crippen molar-refractivity contribution in [3.63, 3.8) is 0 Å². The lowest BCUT2D eigenvalue weighted by molar-refractivity contribution is -0.870. The first-order chi connectivity index (χ1) is 18.3. The molecule has 0 saturated heterocycles. The van der Waals surface area contributed by atoms with E-state index in [1.54, 1.807) is 0 Å². The number of quaternary nitrogens is 1. The maximum Gasteiger partial charge on any atom is 0.472 e. The number of phosphoric ester groups is 1. The number of unbranched alkanes of at least 4 members (excludes halogenated alkanes) is 9. The molecule has 38 heavy (non-hydrogen) atoms. The van der Waals surface area contributed by atoms with Crippen molar-refractivity contribution < 1.29 is 46.7 Å². The molecule has 11 heteroatoms. The van der Waals surface area contributed by atoms with Crippen LogP contribution in [0.15, 0.2) is 0 Å². The van der Waals surface area contributed by atoms with Gasteiger partial charge in [0.2, 0.25) is 0 Å². The van der Waals surface area contributed by atoms with E-state index >= 15 is 0 Å². The molecule has 0 aromatic rings. The summed E-state index contributed by atoms with van der Waals surface area (Å²) in [6.07, 6.45) is 13.3. The standard InChI is InChI=1S/C27H58NO9P/c1-5-6-7-8-9-10-11-12-13-14-16-31-18-19-32-20-21-33-22-23-34-24-25-35-26-27-37-38(29,30)36-17-15-28(2,3)4/h5-27H2,1-4H3/p+1. The van der Waals surface area contributed by atoms with Gasteiger partial charge in [0.15, 0.2) is 0 Å². The Morgan fingerprint density at radius 3 is 1.26 bits per heavy atom. The Labute approximate surface area is 232 Å². The van der Waals surface area contributed by atoms with E-state index in [4.69, 9.17) is 32.7 Å². The highest BCUT2D eigenvalue weighted by Crippen LogP contribution is 2.42. The van der Waals surface area contributed by atoms with Crippen LogP contribution in [0.5, 0.6) is 0 Å². The number of hydrogen-bond acceptors (Lipinski definition) is 8. The van der Waals surface area contributed by atoms with Crippen LogP contribution in [-0.2, 0) is 37.3 Å². The summed E-state index contributed by atoms with van der Waals surface area (Å²) < 4.78 is 49.5. The Bertz CT molecular complexity index is 535. The summed E-state index contributed by atoms with van der Waals surface area (Å²) in [6.45, 7) is 8.00. The summed E-state index contributed by atoms with van der Waals surface area (Å²) in [5.74, 6) is 0. The highest BCUT2D eigenvalue weighted by molar-refractivity contribution is 7.47. The lowest BCUT2D eigenvalue weighted by Gasteiger charge is -2.24. The Hall–Kier alpha value is -0.130. The van der Waals surface area contributed by atoms with Gasteiger partial charge in [-0.15, -0.1) is 0 Å². The fourth-order valence-corrected chi connectivity index (χ4v) is 4.04. The molecule has 0 aliphatic carbocycles. The Morgan fingerprint density at radius 1 is 0.500 bits per heavy atom. The number of likely N-dealkylation sites (N-methyl/N-ethyl adjacent to an activating group) is 1. The molecule has 0 radical (unpaired) electrons. The average Bonchev–Trinajstić information content (AvgIpc) is 2.85. The maximum absolute atomic E-state index is 11.7. The van der Waals surface area contributed by atoms with Crippen LogP contribution in [0.25, 0.3) is 0 Å². The molecule has 0 aliphatic rings. The van der Waals surface area contributed by atoms with Crippen molar-refractivity contribution in [3.05, 3.63) is 0 Å². The van der Waals surface area contributed by atoms with E-state index in [1.165, 1.54) is 57.8 Å². The number of phosphoric acid groups is 1. The number of rotatable bonds is 31. The van der Waals surface area contributed by atoms with E-state index in [1.807, 2.05) is 21.1 Å². The molecule has 230 valence electrons. The lowest BCUT2D eigenvalue weighted by atomic mass is 10.1. The second-order valence-corrected chi connectivity index (χ2v) is 11.8. The van der Waals surface area contributed by atoms with Crippen LogP contribution in [0, 0.1) is 0 Å². The zero-order valence-electron chi connectivity index (χ0n) is 24.9. The molecule has 10 nitrogen and oxygen atoms in total. The normalized spacial score (nSPS) is 13.7. The molecule has 0 heterocycles. The molecule has 0 aliphatic heterocycles. The Morgan fingerprint density at radius 2 is 0.842 bits per heavy atom. The van der Waals surface area contributed by atoms with Gasteiger partial charge in [0.05, 0.1) is 87.2 Å². The van der Waals surface area contributed by atoms with E-state index < -0.39 is 7.82 Å². The highest BCUT2D eigenvalue weighted by atomic mass is 31.2. The van der Waals surface area contributed by atoms with E-state index in [-0.39, 0.29) is 19.8 Å². The van der Waals surface area contributed by atoms with Crippen LogP contribution in [-0.4, -0.2) is 116 Å². The van der Waals surface area contributed by atoms with Crippen molar-refractivity contribution in [2.24, 2.45) is 0 Å². The van der Waals surface area contributed by atoms with Crippen LogP contribution in [0.4, 0.5) is 0 Å². The van der Waals surface area contributed by atoms with E-state index in [0.717, 1.165) is 13.0 Å². The third kappa shape index (κ3) is 32.1. The van der Waals surface area contributed by atoms with Gasteiger partial charge in [0.25, 0.3) is 0 Å². The molecule has 0 aromatic carbocycles. The van der Waals surface area contributed by atoms with Gasteiger partial charge in [0.1, 0.15) is 13.2 Å². The molecular formula is C27H59NO9P+. The van der Waals surface area contributed by atoms with Gasteiger partial charge < -0.3 is 33.1 Å². The topological polar surface area (TPSA) is 102 Å². The fourth-order valence-electron chi connectivity index (χ4n) is 3.35. The summed E-state index contributed by atoms with van der Waals surface area (Å²) >= 11 is 0. The molecular weight excluding hydrogens is 513 g/mol. The van der Waals surface area contributed by atoms with Gasteiger partial charge in [0, 0.05) is 6.61 Å². The number of ether oxygens (including phenoxy) is 5. The predicted molar refractivity (Wildman–Crippen MR) is 151 cm³/mol. The van der Waals surface area contributed by atoms with Crippen molar-refractivity contribution in [2.75, 3.05) is 107 Å². The number of nitrogens with zero attached hydrogens (tertiary/aromatic N) is 1. The van der Waals surface area contributed by atoms with Crippen LogP contribution in [0.2, 0.25) is 0 Å². The third-order valence-electron chi connectivity index (χ3n) is 5.63. The quantitative estimate of drug-likeness (QED) is 0.0711. The third-order valence-corrected chi connectivity index (χ3v) is 6.65. The first kappa shape index (κ1) is 37.9. The zero-order valence-corrected chi connectivity index (χ0v) is 25.8. The minimum Gasteiger partial charge on any atom is -0.379 e. The van der Waals surface area contributed by atoms with Crippen LogP contribution < -0.4 is 0 Å². The molecule has 0 spiro atoms. The monoisotopic (exact) mass is 572 g/mol. The lowest BCUT2D eigenvalue weighted by Crippen LogP contribution is -2.37. The second kappa shape index (κ2) is 27.1. The fraction of sp³-hybridized carbons (Fsp3) is 1.00. The van der Waals surface area contributed by atoms with E-state index in [0.29, 0.717) is 63.9 Å². The van der Waals surface area contributed by atoms with Gasteiger partial charge in [-0.2, -0.15) is 0 Å². The minimum absolute atomic E-state index is 0.0222.